The second-order valence-corrected chi connectivity index (χ2v) is 9.66. The summed E-state index contributed by atoms with van der Waals surface area (Å²) in [5, 5.41) is 0. The van der Waals surface area contributed by atoms with E-state index in [2.05, 4.69) is 0 Å². The lowest BCUT2D eigenvalue weighted by Crippen LogP contribution is -2.39. The lowest BCUT2D eigenvalue weighted by atomic mass is 10.0. The molecule has 0 saturated carbocycles. The molecule has 3 aromatic carbocycles. The number of anilines is 1. The maximum Gasteiger partial charge on any atom is 0.410 e. The van der Waals surface area contributed by atoms with E-state index in [-0.39, 0.29) is 24.5 Å². The molecule has 3 aromatic rings. The summed E-state index contributed by atoms with van der Waals surface area (Å²) in [5.74, 6) is 0.163. The molecule has 0 N–H and O–H groups in total. The van der Waals surface area contributed by atoms with Crippen LogP contribution in [0.3, 0.4) is 0 Å². The molecule has 0 bridgehead atoms. The molecule has 40 heavy (non-hydrogen) atoms. The van der Waals surface area contributed by atoms with E-state index in [1.54, 1.807) is 50.1 Å². The second-order valence-electron chi connectivity index (χ2n) is 9.66. The first kappa shape index (κ1) is 30.2. The molecule has 8 nitrogen and oxygen atoms in total. The van der Waals surface area contributed by atoms with Crippen LogP contribution in [0.4, 0.5) is 10.5 Å². The van der Waals surface area contributed by atoms with Crippen molar-refractivity contribution >= 4 is 23.7 Å². The smallest absolute Gasteiger partial charge is 0.410 e. The van der Waals surface area contributed by atoms with Crippen LogP contribution < -0.4 is 9.64 Å². The van der Waals surface area contributed by atoms with Crippen LogP contribution in [0.2, 0.25) is 0 Å². The van der Waals surface area contributed by atoms with Crippen molar-refractivity contribution in [2.24, 2.45) is 0 Å². The fraction of sp³-hybridized carbons (Fsp3) is 0.344. The monoisotopic (exact) mass is 546 g/mol. The predicted octanol–water partition coefficient (Wildman–Crippen LogP) is 6.33. The van der Waals surface area contributed by atoms with E-state index in [0.29, 0.717) is 35.8 Å². The largest absolute Gasteiger partial charge is 0.466 e. The molecule has 0 saturated heterocycles. The first-order chi connectivity index (χ1) is 19.1. The molecule has 3 rings (SSSR count). The standard InChI is InChI=1S/C32H38N2O6/c1-7-39-31(36)23(3)26-14-11-15-29(20-26)40-30-17-16-28(33(5)24(4)35)19-27(30)21-34(32(37)38-6)22(2)18-25-12-9-8-10-13-25/h8-17,19-20,22-23H,7,18,21H2,1-6H3/t22-,23?/m0/s1. The Morgan fingerprint density at radius 2 is 1.65 bits per heavy atom. The van der Waals surface area contributed by atoms with Gasteiger partial charge in [0.25, 0.3) is 0 Å². The van der Waals surface area contributed by atoms with Crippen molar-refractivity contribution in [1.29, 1.82) is 0 Å². The fourth-order valence-corrected chi connectivity index (χ4v) is 4.32. The molecule has 0 spiro atoms. The minimum Gasteiger partial charge on any atom is -0.466 e. The lowest BCUT2D eigenvalue weighted by molar-refractivity contribution is -0.144. The van der Waals surface area contributed by atoms with E-state index in [4.69, 9.17) is 14.2 Å². The van der Waals surface area contributed by atoms with E-state index < -0.39 is 12.0 Å². The van der Waals surface area contributed by atoms with E-state index in [1.807, 2.05) is 55.5 Å². The molecular weight excluding hydrogens is 508 g/mol. The maximum atomic E-state index is 12.9. The van der Waals surface area contributed by atoms with Gasteiger partial charge < -0.3 is 24.0 Å². The molecule has 0 fully saturated rings. The summed E-state index contributed by atoms with van der Waals surface area (Å²) in [7, 11) is 3.05. The van der Waals surface area contributed by atoms with Gasteiger partial charge in [0.05, 0.1) is 26.2 Å². The van der Waals surface area contributed by atoms with Crippen LogP contribution in [-0.2, 0) is 32.0 Å². The zero-order valence-electron chi connectivity index (χ0n) is 24.0. The van der Waals surface area contributed by atoms with Gasteiger partial charge in [-0.3, -0.25) is 9.59 Å². The summed E-state index contributed by atoms with van der Waals surface area (Å²) in [6.07, 6.45) is 0.164. The molecule has 212 valence electrons. The molecule has 0 aliphatic carbocycles. The second kappa shape index (κ2) is 14.2. The first-order valence-electron chi connectivity index (χ1n) is 13.3. The van der Waals surface area contributed by atoms with E-state index in [9.17, 15) is 14.4 Å². The molecule has 1 unspecified atom stereocenters. The van der Waals surface area contributed by atoms with E-state index in [0.717, 1.165) is 11.1 Å². The van der Waals surface area contributed by atoms with Crippen LogP contribution in [0.5, 0.6) is 11.5 Å². The van der Waals surface area contributed by atoms with Crippen LogP contribution in [0.25, 0.3) is 0 Å². The number of hydrogen-bond donors (Lipinski definition) is 0. The minimum atomic E-state index is -0.468. The molecule has 0 aliphatic heterocycles. The van der Waals surface area contributed by atoms with Gasteiger partial charge in [-0.1, -0.05) is 42.5 Å². The lowest BCUT2D eigenvalue weighted by Gasteiger charge is -2.29. The van der Waals surface area contributed by atoms with Gasteiger partial charge in [0.2, 0.25) is 5.91 Å². The van der Waals surface area contributed by atoms with Crippen molar-refractivity contribution in [2.75, 3.05) is 25.7 Å². The number of hydrogen-bond acceptors (Lipinski definition) is 6. The van der Waals surface area contributed by atoms with E-state index >= 15 is 0 Å². The average molecular weight is 547 g/mol. The van der Waals surface area contributed by atoms with Gasteiger partial charge in [-0.15, -0.1) is 0 Å². The molecular formula is C32H38N2O6. The van der Waals surface area contributed by atoms with Gasteiger partial charge >= 0.3 is 12.1 Å². The fourth-order valence-electron chi connectivity index (χ4n) is 4.32. The average Bonchev–Trinajstić information content (AvgIpc) is 2.96. The topological polar surface area (TPSA) is 85.4 Å². The summed E-state index contributed by atoms with van der Waals surface area (Å²) in [5.41, 5.74) is 3.22. The SMILES string of the molecule is CCOC(=O)C(C)c1cccc(Oc2ccc(N(C)C(C)=O)cc2CN(C(=O)OC)[C@@H](C)Cc2ccccc2)c1. The van der Waals surface area contributed by atoms with Crippen LogP contribution in [0, 0.1) is 0 Å². The Morgan fingerprint density at radius 1 is 0.925 bits per heavy atom. The normalized spacial score (nSPS) is 12.2. The highest BCUT2D eigenvalue weighted by Gasteiger charge is 2.24. The zero-order valence-corrected chi connectivity index (χ0v) is 24.0. The highest BCUT2D eigenvalue weighted by atomic mass is 16.5. The van der Waals surface area contributed by atoms with Crippen molar-refractivity contribution in [2.45, 2.75) is 52.6 Å². The molecule has 0 heterocycles. The predicted molar refractivity (Wildman–Crippen MR) is 155 cm³/mol. The number of amides is 2. The maximum absolute atomic E-state index is 12.9. The van der Waals surface area contributed by atoms with E-state index in [1.165, 1.54) is 18.9 Å². The van der Waals surface area contributed by atoms with Crippen LogP contribution >= 0.6 is 0 Å². The number of rotatable bonds is 11. The Labute approximate surface area is 236 Å². The third-order valence-corrected chi connectivity index (χ3v) is 6.79. The van der Waals surface area contributed by atoms with Crippen molar-refractivity contribution < 1.29 is 28.6 Å². The van der Waals surface area contributed by atoms with Gasteiger partial charge in [-0.05, 0) is 68.7 Å². The summed E-state index contributed by atoms with van der Waals surface area (Å²) in [4.78, 5) is 40.5. The highest BCUT2D eigenvalue weighted by Crippen LogP contribution is 2.32. The Bertz CT molecular complexity index is 1310. The molecule has 0 aliphatic rings. The van der Waals surface area contributed by atoms with Gasteiger partial charge in [0.15, 0.2) is 0 Å². The quantitative estimate of drug-likeness (QED) is 0.261. The van der Waals surface area contributed by atoms with Gasteiger partial charge in [0.1, 0.15) is 11.5 Å². The van der Waals surface area contributed by atoms with Crippen LogP contribution in [0.15, 0.2) is 72.8 Å². The summed E-state index contributed by atoms with van der Waals surface area (Å²) >= 11 is 0. The highest BCUT2D eigenvalue weighted by molar-refractivity contribution is 5.91. The van der Waals surface area contributed by atoms with Crippen molar-refractivity contribution in [3.63, 3.8) is 0 Å². The minimum absolute atomic E-state index is 0.123. The van der Waals surface area contributed by atoms with Crippen LogP contribution in [0.1, 0.15) is 50.3 Å². The van der Waals surface area contributed by atoms with Crippen molar-refractivity contribution in [3.05, 3.63) is 89.5 Å². The number of esters is 1. The van der Waals surface area contributed by atoms with Gasteiger partial charge in [0, 0.05) is 31.3 Å². The third kappa shape index (κ3) is 7.85. The molecule has 0 radical (unpaired) electrons. The number of nitrogens with zero attached hydrogens (tertiary/aromatic N) is 2. The Kier molecular flexibility index (Phi) is 10.7. The van der Waals surface area contributed by atoms with Crippen LogP contribution in [-0.4, -0.2) is 49.7 Å². The Morgan fingerprint density at radius 3 is 2.30 bits per heavy atom. The van der Waals surface area contributed by atoms with Gasteiger partial charge in [-0.2, -0.15) is 0 Å². The van der Waals surface area contributed by atoms with Gasteiger partial charge in [-0.25, -0.2) is 4.79 Å². The molecule has 2 atom stereocenters. The molecule has 0 aromatic heterocycles. The summed E-state index contributed by atoms with van der Waals surface area (Å²) in [6.45, 7) is 7.52. The Hall–Kier alpha value is -4.33. The van der Waals surface area contributed by atoms with Crippen molar-refractivity contribution in [1.82, 2.24) is 4.90 Å². The number of ether oxygens (including phenoxy) is 3. The number of carbonyl (C=O) groups excluding carboxylic acids is 3. The molecule has 2 amide bonds. The first-order valence-corrected chi connectivity index (χ1v) is 13.3. The van der Waals surface area contributed by atoms with Crippen molar-refractivity contribution in [3.8, 4) is 11.5 Å². The number of methoxy groups -OCH3 is 1. The summed E-state index contributed by atoms with van der Waals surface area (Å²) in [6, 6.07) is 22.4. The third-order valence-electron chi connectivity index (χ3n) is 6.79. The Balaban J connectivity index is 1.97. The molecule has 8 heteroatoms. The number of carbonyl (C=O) groups is 3. The number of benzene rings is 3. The zero-order chi connectivity index (χ0) is 29.2. The summed E-state index contributed by atoms with van der Waals surface area (Å²) < 4.78 is 16.6.